The van der Waals surface area contributed by atoms with Crippen molar-refractivity contribution in [1.82, 2.24) is 5.32 Å². The van der Waals surface area contributed by atoms with Crippen LogP contribution in [0, 0.1) is 0 Å². The Kier molecular flexibility index (Phi) is 4.47. The van der Waals surface area contributed by atoms with Crippen LogP contribution in [0.25, 0.3) is 0 Å². The smallest absolute Gasteiger partial charge is 0.182 e. The van der Waals surface area contributed by atoms with Crippen molar-refractivity contribution in [1.29, 1.82) is 0 Å². The van der Waals surface area contributed by atoms with Crippen molar-refractivity contribution in [2.75, 3.05) is 7.05 Å². The van der Waals surface area contributed by atoms with Crippen molar-refractivity contribution in [2.45, 2.75) is 45.6 Å². The van der Waals surface area contributed by atoms with Gasteiger partial charge in [0.1, 0.15) is 0 Å². The molecule has 1 rings (SSSR count). The fourth-order valence-electron chi connectivity index (χ4n) is 1.67. The number of Topliss-reactive ketones (excluding diaryl/α,β-unsaturated/α-hetero) is 1. The molecule has 0 saturated heterocycles. The summed E-state index contributed by atoms with van der Waals surface area (Å²) in [7, 11) is 1.81. The molecular formula is C15H23NO. The second-order valence-corrected chi connectivity index (χ2v) is 5.14. The van der Waals surface area contributed by atoms with Crippen LogP contribution in [0.4, 0.5) is 0 Å². The molecule has 0 aliphatic heterocycles. The Bertz CT molecular complexity index is 378. The largest absolute Gasteiger partial charge is 0.308 e. The Balaban J connectivity index is 2.92. The fourth-order valence-corrected chi connectivity index (χ4v) is 1.67. The summed E-state index contributed by atoms with van der Waals surface area (Å²) in [6.07, 6.45) is 1.12. The van der Waals surface area contributed by atoms with Crippen molar-refractivity contribution in [3.63, 3.8) is 0 Å². The molecule has 2 nitrogen and oxygen atoms in total. The van der Waals surface area contributed by atoms with Gasteiger partial charge in [-0.1, -0.05) is 38.1 Å². The van der Waals surface area contributed by atoms with E-state index in [2.05, 4.69) is 31.3 Å². The van der Waals surface area contributed by atoms with Gasteiger partial charge in [-0.3, -0.25) is 4.79 Å². The van der Waals surface area contributed by atoms with Crippen LogP contribution >= 0.6 is 0 Å². The Labute approximate surface area is 104 Å². The molecule has 1 N–H and O–H groups in total. The molecule has 0 bridgehead atoms. The third-order valence-electron chi connectivity index (χ3n) is 3.55. The topological polar surface area (TPSA) is 29.1 Å². The maximum absolute atomic E-state index is 12.2. The normalized spacial score (nSPS) is 13.5. The van der Waals surface area contributed by atoms with E-state index in [0.717, 1.165) is 12.0 Å². The number of benzene rings is 1. The fraction of sp³-hybridized carbons (Fsp3) is 0.533. The molecule has 0 radical (unpaired) electrons. The molecule has 1 unspecified atom stereocenters. The van der Waals surface area contributed by atoms with Gasteiger partial charge >= 0.3 is 0 Å². The predicted octanol–water partition coefficient (Wildman–Crippen LogP) is 3.38. The SMILES string of the molecule is CCC(C)c1ccc(C(=O)C(C)(C)NC)cc1. The van der Waals surface area contributed by atoms with E-state index >= 15 is 0 Å². The molecule has 0 fully saturated rings. The first kappa shape index (κ1) is 13.9. The zero-order valence-corrected chi connectivity index (χ0v) is 11.5. The van der Waals surface area contributed by atoms with Crippen LogP contribution < -0.4 is 5.32 Å². The van der Waals surface area contributed by atoms with Gasteiger partial charge in [0.25, 0.3) is 0 Å². The van der Waals surface area contributed by atoms with Crippen LogP contribution in [-0.2, 0) is 0 Å². The van der Waals surface area contributed by atoms with Crippen LogP contribution in [0.5, 0.6) is 0 Å². The maximum Gasteiger partial charge on any atom is 0.182 e. The number of nitrogens with one attached hydrogen (secondary N) is 1. The van der Waals surface area contributed by atoms with Crippen LogP contribution in [0.3, 0.4) is 0 Å². The van der Waals surface area contributed by atoms with Crippen molar-refractivity contribution >= 4 is 5.78 Å². The van der Waals surface area contributed by atoms with Crippen LogP contribution in [0.15, 0.2) is 24.3 Å². The number of hydrogen-bond donors (Lipinski definition) is 1. The van der Waals surface area contributed by atoms with E-state index < -0.39 is 5.54 Å². The highest BCUT2D eigenvalue weighted by molar-refractivity contribution is 6.02. The molecule has 1 atom stereocenters. The lowest BCUT2D eigenvalue weighted by Crippen LogP contribution is -2.44. The molecular weight excluding hydrogens is 210 g/mol. The highest BCUT2D eigenvalue weighted by Gasteiger charge is 2.26. The van der Waals surface area contributed by atoms with E-state index in [4.69, 9.17) is 0 Å². The monoisotopic (exact) mass is 233 g/mol. The minimum absolute atomic E-state index is 0.135. The molecule has 0 aliphatic rings. The molecule has 2 heteroatoms. The number of carbonyl (C=O) groups is 1. The van der Waals surface area contributed by atoms with Crippen molar-refractivity contribution in [3.05, 3.63) is 35.4 Å². The lowest BCUT2D eigenvalue weighted by molar-refractivity contribution is 0.0889. The second-order valence-electron chi connectivity index (χ2n) is 5.14. The summed E-state index contributed by atoms with van der Waals surface area (Å²) in [6.45, 7) is 8.18. The molecule has 0 spiro atoms. The summed E-state index contributed by atoms with van der Waals surface area (Å²) in [5.41, 5.74) is 1.57. The average molecular weight is 233 g/mol. The van der Waals surface area contributed by atoms with Crippen molar-refractivity contribution in [2.24, 2.45) is 0 Å². The van der Waals surface area contributed by atoms with Gasteiger partial charge in [-0.05, 0) is 38.8 Å². The van der Waals surface area contributed by atoms with Crippen LogP contribution in [0.1, 0.15) is 56.0 Å². The highest BCUT2D eigenvalue weighted by Crippen LogP contribution is 2.20. The zero-order chi connectivity index (χ0) is 13.1. The van der Waals surface area contributed by atoms with Gasteiger partial charge in [0.15, 0.2) is 5.78 Å². The van der Waals surface area contributed by atoms with Gasteiger partial charge < -0.3 is 5.32 Å². The number of likely N-dealkylation sites (N-methyl/N-ethyl adjacent to an activating group) is 1. The summed E-state index contributed by atoms with van der Waals surface area (Å²) >= 11 is 0. The van der Waals surface area contributed by atoms with Gasteiger partial charge in [0.05, 0.1) is 5.54 Å². The van der Waals surface area contributed by atoms with Gasteiger partial charge in [-0.2, -0.15) is 0 Å². The molecule has 0 saturated carbocycles. The Morgan fingerprint density at radius 1 is 1.29 bits per heavy atom. The third kappa shape index (κ3) is 3.16. The van der Waals surface area contributed by atoms with Gasteiger partial charge in [0, 0.05) is 5.56 Å². The quantitative estimate of drug-likeness (QED) is 0.790. The van der Waals surface area contributed by atoms with Crippen molar-refractivity contribution in [3.8, 4) is 0 Å². The van der Waals surface area contributed by atoms with Gasteiger partial charge in [0.2, 0.25) is 0 Å². The number of rotatable bonds is 5. The summed E-state index contributed by atoms with van der Waals surface area (Å²) in [5, 5.41) is 3.04. The summed E-state index contributed by atoms with van der Waals surface area (Å²) in [5.74, 6) is 0.687. The van der Waals surface area contributed by atoms with Gasteiger partial charge in [-0.15, -0.1) is 0 Å². The van der Waals surface area contributed by atoms with Crippen LogP contribution in [-0.4, -0.2) is 18.4 Å². The minimum atomic E-state index is -0.502. The van der Waals surface area contributed by atoms with Crippen LogP contribution in [0.2, 0.25) is 0 Å². The lowest BCUT2D eigenvalue weighted by atomic mass is 9.91. The molecule has 17 heavy (non-hydrogen) atoms. The predicted molar refractivity (Wildman–Crippen MR) is 72.6 cm³/mol. The molecule has 1 aromatic rings. The van der Waals surface area contributed by atoms with Gasteiger partial charge in [-0.25, -0.2) is 0 Å². The molecule has 0 heterocycles. The molecule has 94 valence electrons. The second kappa shape index (κ2) is 5.46. The molecule has 0 aromatic heterocycles. The summed E-state index contributed by atoms with van der Waals surface area (Å²) in [4.78, 5) is 12.2. The maximum atomic E-state index is 12.2. The average Bonchev–Trinajstić information content (AvgIpc) is 2.37. The molecule has 1 aromatic carbocycles. The first-order valence-electron chi connectivity index (χ1n) is 6.26. The van der Waals surface area contributed by atoms with E-state index in [1.54, 1.807) is 0 Å². The first-order chi connectivity index (χ1) is 7.92. The molecule has 0 amide bonds. The summed E-state index contributed by atoms with van der Waals surface area (Å²) in [6, 6.07) is 7.99. The van der Waals surface area contributed by atoms with E-state index in [1.807, 2.05) is 33.0 Å². The number of ketones is 1. The summed E-state index contributed by atoms with van der Waals surface area (Å²) < 4.78 is 0. The van der Waals surface area contributed by atoms with E-state index in [-0.39, 0.29) is 5.78 Å². The number of hydrogen-bond acceptors (Lipinski definition) is 2. The Morgan fingerprint density at radius 2 is 1.82 bits per heavy atom. The first-order valence-corrected chi connectivity index (χ1v) is 6.26. The minimum Gasteiger partial charge on any atom is -0.308 e. The number of carbonyl (C=O) groups excluding carboxylic acids is 1. The highest BCUT2D eigenvalue weighted by atomic mass is 16.1. The van der Waals surface area contributed by atoms with E-state index in [1.165, 1.54) is 5.56 Å². The zero-order valence-electron chi connectivity index (χ0n) is 11.5. The van der Waals surface area contributed by atoms with Crippen molar-refractivity contribution < 1.29 is 4.79 Å². The Hall–Kier alpha value is -1.15. The standard InChI is InChI=1S/C15H23NO/c1-6-11(2)12-7-9-13(10-8-12)14(17)15(3,4)16-5/h7-11,16H,6H2,1-5H3. The van der Waals surface area contributed by atoms with E-state index in [9.17, 15) is 4.79 Å². The third-order valence-corrected chi connectivity index (χ3v) is 3.55. The van der Waals surface area contributed by atoms with E-state index in [0.29, 0.717) is 5.92 Å². The lowest BCUT2D eigenvalue weighted by Gasteiger charge is -2.22. The molecule has 0 aliphatic carbocycles. The Morgan fingerprint density at radius 3 is 2.24 bits per heavy atom.